The van der Waals surface area contributed by atoms with Crippen LogP contribution < -0.4 is 9.47 Å². The maximum Gasteiger partial charge on any atom is 0.387 e. The maximum absolute atomic E-state index is 12.2. The van der Waals surface area contributed by atoms with Gasteiger partial charge in [0.1, 0.15) is 0 Å². The summed E-state index contributed by atoms with van der Waals surface area (Å²) in [5.74, 6) is -1.11. The first-order valence-electron chi connectivity index (χ1n) is 5.61. The van der Waals surface area contributed by atoms with Crippen LogP contribution in [0.5, 0.6) is 11.5 Å². The average molecular weight is 289 g/mol. The van der Waals surface area contributed by atoms with Gasteiger partial charge < -0.3 is 19.4 Å². The minimum absolute atomic E-state index is 0.0922. The van der Waals surface area contributed by atoms with E-state index in [9.17, 15) is 13.6 Å². The third-order valence-electron chi connectivity index (χ3n) is 1.95. The smallest absolute Gasteiger partial charge is 0.387 e. The van der Waals surface area contributed by atoms with Gasteiger partial charge >= 0.3 is 12.6 Å². The number of alkyl halides is 2. The van der Waals surface area contributed by atoms with Gasteiger partial charge in [-0.3, -0.25) is 0 Å². The Morgan fingerprint density at radius 1 is 1.45 bits per heavy atom. The molecular formula is C12H13F2NO5. The second kappa shape index (κ2) is 7.93. The van der Waals surface area contributed by atoms with Crippen molar-refractivity contribution in [3.8, 4) is 11.5 Å². The second-order valence-electron chi connectivity index (χ2n) is 3.42. The molecule has 1 rings (SSSR count). The van der Waals surface area contributed by atoms with Crippen molar-refractivity contribution >= 4 is 12.2 Å². The molecule has 0 aromatic heterocycles. The molecule has 20 heavy (non-hydrogen) atoms. The molecule has 0 spiro atoms. The van der Waals surface area contributed by atoms with E-state index in [2.05, 4.69) is 14.7 Å². The fourth-order valence-electron chi connectivity index (χ4n) is 1.26. The lowest BCUT2D eigenvalue weighted by Gasteiger charge is -2.11. The van der Waals surface area contributed by atoms with Crippen LogP contribution in [0, 0.1) is 0 Å². The molecule has 0 fully saturated rings. The molecule has 110 valence electrons. The van der Waals surface area contributed by atoms with Crippen LogP contribution in [-0.4, -0.2) is 37.1 Å². The molecule has 0 saturated heterocycles. The van der Waals surface area contributed by atoms with Gasteiger partial charge in [-0.05, 0) is 25.1 Å². The molecule has 0 aliphatic heterocycles. The third kappa shape index (κ3) is 5.51. The van der Waals surface area contributed by atoms with E-state index in [0.29, 0.717) is 5.56 Å². The van der Waals surface area contributed by atoms with Crippen LogP contribution in [0.15, 0.2) is 23.4 Å². The molecule has 8 heteroatoms. The van der Waals surface area contributed by atoms with E-state index in [1.165, 1.54) is 24.4 Å². The third-order valence-corrected chi connectivity index (χ3v) is 1.95. The van der Waals surface area contributed by atoms with Crippen molar-refractivity contribution < 1.29 is 33.0 Å². The molecule has 0 atom stereocenters. The van der Waals surface area contributed by atoms with Crippen molar-refractivity contribution in [1.82, 2.24) is 0 Å². The Balaban J connectivity index is 2.78. The van der Waals surface area contributed by atoms with Crippen molar-refractivity contribution in [2.45, 2.75) is 13.5 Å². The van der Waals surface area contributed by atoms with E-state index in [0.717, 1.165) is 0 Å². The Kier molecular flexibility index (Phi) is 6.21. The summed E-state index contributed by atoms with van der Waals surface area (Å²) in [6.07, 6.45) is 1.23. The number of aliphatic carboxylic acids is 1. The minimum atomic E-state index is -2.95. The number of carboxylic acid groups (broad SMARTS) is 1. The lowest BCUT2D eigenvalue weighted by atomic mass is 10.2. The molecule has 1 aromatic rings. The molecule has 0 aliphatic rings. The number of halogens is 2. The summed E-state index contributed by atoms with van der Waals surface area (Å²) < 4.78 is 33.8. The summed E-state index contributed by atoms with van der Waals surface area (Å²) >= 11 is 0. The predicted molar refractivity (Wildman–Crippen MR) is 65.4 cm³/mol. The van der Waals surface area contributed by atoms with Crippen LogP contribution in [0.3, 0.4) is 0 Å². The van der Waals surface area contributed by atoms with Crippen molar-refractivity contribution in [1.29, 1.82) is 0 Å². The van der Waals surface area contributed by atoms with E-state index >= 15 is 0 Å². The van der Waals surface area contributed by atoms with E-state index in [1.807, 2.05) is 0 Å². The zero-order valence-electron chi connectivity index (χ0n) is 10.6. The zero-order valence-corrected chi connectivity index (χ0v) is 10.6. The maximum atomic E-state index is 12.2. The molecule has 1 aromatic carbocycles. The molecule has 0 saturated carbocycles. The summed E-state index contributed by atoms with van der Waals surface area (Å²) in [6, 6.07) is 4.18. The van der Waals surface area contributed by atoms with Gasteiger partial charge in [-0.25, -0.2) is 4.79 Å². The SMILES string of the molecule is CCOc1cc(C=NOCC(=O)O)ccc1OC(F)F. The number of nitrogens with zero attached hydrogens (tertiary/aromatic N) is 1. The largest absolute Gasteiger partial charge is 0.490 e. The highest BCUT2D eigenvalue weighted by atomic mass is 19.3. The summed E-state index contributed by atoms with van der Waals surface area (Å²) in [4.78, 5) is 14.7. The van der Waals surface area contributed by atoms with Crippen molar-refractivity contribution in [3.05, 3.63) is 23.8 Å². The number of carbonyl (C=O) groups is 1. The average Bonchev–Trinajstić information content (AvgIpc) is 2.37. The molecule has 0 radical (unpaired) electrons. The highest BCUT2D eigenvalue weighted by molar-refractivity contribution is 5.80. The van der Waals surface area contributed by atoms with Gasteiger partial charge in [0.15, 0.2) is 11.5 Å². The monoisotopic (exact) mass is 289 g/mol. The molecule has 0 bridgehead atoms. The Hall–Kier alpha value is -2.38. The van der Waals surface area contributed by atoms with Crippen LogP contribution in [-0.2, 0) is 9.63 Å². The number of oxime groups is 1. The molecule has 6 nitrogen and oxygen atoms in total. The van der Waals surface area contributed by atoms with Gasteiger partial charge in [-0.2, -0.15) is 8.78 Å². The van der Waals surface area contributed by atoms with E-state index in [-0.39, 0.29) is 18.1 Å². The number of carboxylic acids is 1. The molecule has 1 N–H and O–H groups in total. The van der Waals surface area contributed by atoms with Crippen LogP contribution in [0.2, 0.25) is 0 Å². The standard InChI is InChI=1S/C12H13F2NO5/c1-2-18-10-5-8(6-15-19-7-11(16)17)3-4-9(10)20-12(13)14/h3-6,12H,2,7H2,1H3,(H,16,17). The molecule has 0 aliphatic carbocycles. The molecular weight excluding hydrogens is 276 g/mol. The predicted octanol–water partition coefficient (Wildman–Crippen LogP) is 2.12. The van der Waals surface area contributed by atoms with E-state index < -0.39 is 19.2 Å². The first kappa shape index (κ1) is 15.7. The number of benzene rings is 1. The van der Waals surface area contributed by atoms with E-state index in [1.54, 1.807) is 6.92 Å². The molecule has 0 unspecified atom stereocenters. The fraction of sp³-hybridized carbons (Fsp3) is 0.333. The van der Waals surface area contributed by atoms with Crippen LogP contribution in [0.25, 0.3) is 0 Å². The summed E-state index contributed by atoms with van der Waals surface area (Å²) in [7, 11) is 0. The number of hydrogen-bond acceptors (Lipinski definition) is 5. The summed E-state index contributed by atoms with van der Waals surface area (Å²) in [5, 5.41) is 11.8. The zero-order chi connectivity index (χ0) is 15.0. The topological polar surface area (TPSA) is 77.4 Å². The number of hydrogen-bond donors (Lipinski definition) is 1. The van der Waals surface area contributed by atoms with Gasteiger partial charge in [0.2, 0.25) is 6.61 Å². The lowest BCUT2D eigenvalue weighted by Crippen LogP contribution is -2.05. The van der Waals surface area contributed by atoms with Gasteiger partial charge in [0, 0.05) is 5.56 Å². The number of ether oxygens (including phenoxy) is 2. The van der Waals surface area contributed by atoms with Crippen LogP contribution in [0.4, 0.5) is 8.78 Å². The number of rotatable bonds is 8. The first-order chi connectivity index (χ1) is 9.52. The highest BCUT2D eigenvalue weighted by Gasteiger charge is 2.11. The van der Waals surface area contributed by atoms with Gasteiger partial charge in [-0.1, -0.05) is 5.16 Å². The van der Waals surface area contributed by atoms with Crippen LogP contribution >= 0.6 is 0 Å². The van der Waals surface area contributed by atoms with Crippen molar-refractivity contribution in [2.24, 2.45) is 5.16 Å². The Morgan fingerprint density at radius 3 is 2.80 bits per heavy atom. The molecule has 0 amide bonds. The minimum Gasteiger partial charge on any atom is -0.490 e. The summed E-state index contributed by atoms with van der Waals surface area (Å²) in [5.41, 5.74) is 0.487. The fourth-order valence-corrected chi connectivity index (χ4v) is 1.26. The normalized spacial score (nSPS) is 10.8. The Morgan fingerprint density at radius 2 is 2.20 bits per heavy atom. The lowest BCUT2D eigenvalue weighted by molar-refractivity contribution is -0.142. The quantitative estimate of drug-likeness (QED) is 0.586. The second-order valence-corrected chi connectivity index (χ2v) is 3.42. The Bertz CT molecular complexity index is 479. The van der Waals surface area contributed by atoms with Crippen molar-refractivity contribution in [2.75, 3.05) is 13.2 Å². The van der Waals surface area contributed by atoms with E-state index in [4.69, 9.17) is 9.84 Å². The van der Waals surface area contributed by atoms with Gasteiger partial charge in [-0.15, -0.1) is 0 Å². The van der Waals surface area contributed by atoms with Crippen molar-refractivity contribution in [3.63, 3.8) is 0 Å². The first-order valence-corrected chi connectivity index (χ1v) is 5.61. The van der Waals surface area contributed by atoms with Gasteiger partial charge in [0.25, 0.3) is 0 Å². The Labute approximate surface area is 113 Å². The van der Waals surface area contributed by atoms with Gasteiger partial charge in [0.05, 0.1) is 12.8 Å². The van der Waals surface area contributed by atoms with Crippen LogP contribution in [0.1, 0.15) is 12.5 Å². The highest BCUT2D eigenvalue weighted by Crippen LogP contribution is 2.29. The summed E-state index contributed by atoms with van der Waals surface area (Å²) in [6.45, 7) is -1.55. The molecule has 0 heterocycles.